The summed E-state index contributed by atoms with van der Waals surface area (Å²) in [4.78, 5) is 30.7. The number of hydrogen-bond acceptors (Lipinski definition) is 4. The van der Waals surface area contributed by atoms with E-state index in [0.29, 0.717) is 37.2 Å². The number of carbonyl (C=O) groups is 2. The van der Waals surface area contributed by atoms with Gasteiger partial charge in [0.15, 0.2) is 5.96 Å². The molecule has 1 unspecified atom stereocenters. The first-order valence-corrected chi connectivity index (χ1v) is 10.3. The monoisotopic (exact) mass is 384 g/mol. The maximum absolute atomic E-state index is 12.8. The summed E-state index contributed by atoms with van der Waals surface area (Å²) in [5.74, 6) is 1.45. The van der Waals surface area contributed by atoms with Gasteiger partial charge in [0, 0.05) is 13.0 Å². The lowest BCUT2D eigenvalue weighted by Crippen LogP contribution is -2.43. The number of nitrogens with one attached hydrogen (secondary N) is 1. The Morgan fingerprint density at radius 3 is 2.54 bits per heavy atom. The minimum Gasteiger partial charge on any atom is -0.369 e. The first kappa shape index (κ1) is 20.4. The SMILES string of the molecule is CC(C)CC1(C)N=C(N)N(Cc2ccc(CCC(=O)NCC3CC3)cc2)C1=O. The van der Waals surface area contributed by atoms with E-state index in [-0.39, 0.29) is 11.8 Å². The number of benzene rings is 1. The van der Waals surface area contributed by atoms with Crippen molar-refractivity contribution in [1.82, 2.24) is 10.2 Å². The molecule has 0 radical (unpaired) electrons. The molecular weight excluding hydrogens is 352 g/mol. The molecule has 2 amide bonds. The Bertz CT molecular complexity index is 752. The summed E-state index contributed by atoms with van der Waals surface area (Å²) in [6.45, 7) is 7.26. The first-order chi connectivity index (χ1) is 13.3. The summed E-state index contributed by atoms with van der Waals surface area (Å²) in [5.41, 5.74) is 7.40. The number of amides is 2. The standard InChI is InChI=1S/C22H32N4O2/c1-15(2)12-22(3)20(28)26(21(23)25-22)14-18-8-4-16(5-9-18)10-11-19(27)24-13-17-6-7-17/h4-5,8-9,15,17H,6-7,10-14H2,1-3H3,(H2,23,25)(H,24,27). The van der Waals surface area contributed by atoms with Crippen LogP contribution < -0.4 is 11.1 Å². The van der Waals surface area contributed by atoms with Crippen LogP contribution in [0.2, 0.25) is 0 Å². The predicted molar refractivity (Wildman–Crippen MR) is 111 cm³/mol. The van der Waals surface area contributed by atoms with Crippen LogP contribution in [0.3, 0.4) is 0 Å². The molecule has 28 heavy (non-hydrogen) atoms. The van der Waals surface area contributed by atoms with Gasteiger partial charge in [0.1, 0.15) is 5.54 Å². The fourth-order valence-electron chi connectivity index (χ4n) is 3.76. The molecular formula is C22H32N4O2. The lowest BCUT2D eigenvalue weighted by atomic mass is 9.91. The number of aliphatic imine (C=N–C) groups is 1. The quantitative estimate of drug-likeness (QED) is 0.686. The fourth-order valence-corrected chi connectivity index (χ4v) is 3.76. The highest BCUT2D eigenvalue weighted by atomic mass is 16.2. The van der Waals surface area contributed by atoms with Crippen molar-refractivity contribution in [2.45, 2.75) is 65.0 Å². The molecule has 2 aliphatic rings. The molecule has 1 aromatic carbocycles. The molecule has 6 nitrogen and oxygen atoms in total. The van der Waals surface area contributed by atoms with Crippen molar-refractivity contribution in [2.75, 3.05) is 6.54 Å². The van der Waals surface area contributed by atoms with Crippen molar-refractivity contribution in [2.24, 2.45) is 22.6 Å². The number of aryl methyl sites for hydroxylation is 1. The molecule has 152 valence electrons. The van der Waals surface area contributed by atoms with Crippen molar-refractivity contribution < 1.29 is 9.59 Å². The van der Waals surface area contributed by atoms with Crippen LogP contribution in [0.15, 0.2) is 29.3 Å². The molecule has 1 aromatic rings. The highest BCUT2D eigenvalue weighted by Crippen LogP contribution is 2.29. The first-order valence-electron chi connectivity index (χ1n) is 10.3. The van der Waals surface area contributed by atoms with Crippen LogP contribution in [0.4, 0.5) is 0 Å². The van der Waals surface area contributed by atoms with Gasteiger partial charge in [0.25, 0.3) is 5.91 Å². The Morgan fingerprint density at radius 1 is 1.29 bits per heavy atom. The van der Waals surface area contributed by atoms with Crippen molar-refractivity contribution in [3.63, 3.8) is 0 Å². The van der Waals surface area contributed by atoms with Gasteiger partial charge in [-0.25, -0.2) is 4.99 Å². The zero-order valence-corrected chi connectivity index (χ0v) is 17.2. The van der Waals surface area contributed by atoms with Crippen LogP contribution in [0, 0.1) is 11.8 Å². The number of nitrogens with zero attached hydrogens (tertiary/aromatic N) is 2. The van der Waals surface area contributed by atoms with Gasteiger partial charge < -0.3 is 11.1 Å². The highest BCUT2D eigenvalue weighted by Gasteiger charge is 2.43. The molecule has 3 N–H and O–H groups in total. The third kappa shape index (κ3) is 5.12. The van der Waals surface area contributed by atoms with Crippen molar-refractivity contribution in [3.05, 3.63) is 35.4 Å². The van der Waals surface area contributed by atoms with Gasteiger partial charge in [-0.3, -0.25) is 14.5 Å². The van der Waals surface area contributed by atoms with Crippen LogP contribution in [0.1, 0.15) is 57.6 Å². The van der Waals surface area contributed by atoms with Gasteiger partial charge in [-0.1, -0.05) is 38.1 Å². The molecule has 1 saturated carbocycles. The molecule has 1 aliphatic carbocycles. The van der Waals surface area contributed by atoms with E-state index in [1.807, 2.05) is 31.2 Å². The fraction of sp³-hybridized carbons (Fsp3) is 0.591. The molecule has 1 aliphatic heterocycles. The minimum absolute atomic E-state index is 0.0323. The Balaban J connectivity index is 1.52. The Kier molecular flexibility index (Phi) is 6.06. The molecule has 3 rings (SSSR count). The van der Waals surface area contributed by atoms with E-state index in [0.717, 1.165) is 24.1 Å². The lowest BCUT2D eigenvalue weighted by molar-refractivity contribution is -0.131. The largest absolute Gasteiger partial charge is 0.369 e. The van der Waals surface area contributed by atoms with Gasteiger partial charge in [-0.15, -0.1) is 0 Å². The molecule has 1 fully saturated rings. The zero-order valence-electron chi connectivity index (χ0n) is 17.2. The van der Waals surface area contributed by atoms with Crippen LogP contribution in [-0.4, -0.2) is 34.8 Å². The maximum atomic E-state index is 12.8. The molecule has 1 heterocycles. The number of nitrogens with two attached hydrogens (primary N) is 1. The normalized spacial score (nSPS) is 21.9. The second-order valence-electron chi connectivity index (χ2n) is 8.80. The average Bonchev–Trinajstić information content (AvgIpc) is 3.43. The zero-order chi connectivity index (χ0) is 20.3. The van der Waals surface area contributed by atoms with E-state index in [1.165, 1.54) is 12.8 Å². The van der Waals surface area contributed by atoms with E-state index in [4.69, 9.17) is 5.73 Å². The summed E-state index contributed by atoms with van der Waals surface area (Å²) in [6.07, 6.45) is 4.39. The van der Waals surface area contributed by atoms with Gasteiger partial charge in [-0.2, -0.15) is 0 Å². The summed E-state index contributed by atoms with van der Waals surface area (Å²) >= 11 is 0. The van der Waals surface area contributed by atoms with Crippen LogP contribution >= 0.6 is 0 Å². The van der Waals surface area contributed by atoms with Crippen LogP contribution in [-0.2, 0) is 22.6 Å². The van der Waals surface area contributed by atoms with Gasteiger partial charge in [0.05, 0.1) is 6.54 Å². The lowest BCUT2D eigenvalue weighted by Gasteiger charge is -2.23. The topological polar surface area (TPSA) is 87.8 Å². The third-order valence-electron chi connectivity index (χ3n) is 5.44. The Labute approximate surface area is 167 Å². The second-order valence-corrected chi connectivity index (χ2v) is 8.80. The summed E-state index contributed by atoms with van der Waals surface area (Å²) in [6, 6.07) is 8.03. The third-order valence-corrected chi connectivity index (χ3v) is 5.44. The van der Waals surface area contributed by atoms with Gasteiger partial charge in [0.2, 0.25) is 5.91 Å². The number of guanidine groups is 1. The van der Waals surface area contributed by atoms with E-state index in [9.17, 15) is 9.59 Å². The van der Waals surface area contributed by atoms with E-state index in [2.05, 4.69) is 24.2 Å². The minimum atomic E-state index is -0.758. The predicted octanol–water partition coefficient (Wildman–Crippen LogP) is 2.61. The van der Waals surface area contributed by atoms with Crippen LogP contribution in [0.5, 0.6) is 0 Å². The van der Waals surface area contributed by atoms with Crippen molar-refractivity contribution in [3.8, 4) is 0 Å². The van der Waals surface area contributed by atoms with Gasteiger partial charge in [-0.05, 0) is 55.6 Å². The van der Waals surface area contributed by atoms with Crippen LogP contribution in [0.25, 0.3) is 0 Å². The van der Waals surface area contributed by atoms with Gasteiger partial charge >= 0.3 is 0 Å². The number of hydrogen-bond donors (Lipinski definition) is 2. The number of carbonyl (C=O) groups excluding carboxylic acids is 2. The van der Waals surface area contributed by atoms with E-state index in [1.54, 1.807) is 4.90 Å². The molecule has 0 aromatic heterocycles. The molecule has 0 spiro atoms. The van der Waals surface area contributed by atoms with Crippen molar-refractivity contribution in [1.29, 1.82) is 0 Å². The summed E-state index contributed by atoms with van der Waals surface area (Å²) < 4.78 is 0. The molecule has 0 bridgehead atoms. The summed E-state index contributed by atoms with van der Waals surface area (Å²) in [7, 11) is 0. The molecule has 0 saturated heterocycles. The second kappa shape index (κ2) is 8.33. The Hall–Kier alpha value is -2.37. The van der Waals surface area contributed by atoms with E-state index < -0.39 is 5.54 Å². The maximum Gasteiger partial charge on any atom is 0.257 e. The molecule has 6 heteroatoms. The highest BCUT2D eigenvalue weighted by molar-refractivity contribution is 6.06. The number of rotatable bonds is 9. The average molecular weight is 385 g/mol. The smallest absolute Gasteiger partial charge is 0.257 e. The molecule has 1 atom stereocenters. The van der Waals surface area contributed by atoms with Crippen molar-refractivity contribution >= 4 is 17.8 Å². The summed E-state index contributed by atoms with van der Waals surface area (Å²) in [5, 5.41) is 3.00. The van der Waals surface area contributed by atoms with E-state index >= 15 is 0 Å². The Morgan fingerprint density at radius 2 is 1.93 bits per heavy atom.